The number of aromatic nitrogens is 2. The van der Waals surface area contributed by atoms with E-state index in [1.807, 2.05) is 36.4 Å². The zero-order valence-electron chi connectivity index (χ0n) is 11.5. The van der Waals surface area contributed by atoms with E-state index >= 15 is 0 Å². The van der Waals surface area contributed by atoms with Gasteiger partial charge in [-0.15, -0.1) is 5.10 Å². The van der Waals surface area contributed by atoms with E-state index in [1.165, 1.54) is 11.1 Å². The van der Waals surface area contributed by atoms with Gasteiger partial charge in [0, 0.05) is 17.2 Å². The van der Waals surface area contributed by atoms with E-state index < -0.39 is 7.82 Å². The van der Waals surface area contributed by atoms with Gasteiger partial charge in [0.1, 0.15) is 5.69 Å². The largest absolute Gasteiger partial charge is 0.756 e. The summed E-state index contributed by atoms with van der Waals surface area (Å²) in [7, 11) is -4.89. The summed E-state index contributed by atoms with van der Waals surface area (Å²) in [5, 5.41) is 6.39. The second-order valence-corrected chi connectivity index (χ2v) is 5.43. The van der Waals surface area contributed by atoms with Crippen LogP contribution < -0.4 is 9.99 Å². The molecule has 1 aromatic heterocycles. The first kappa shape index (κ1) is 16.1. The van der Waals surface area contributed by atoms with Crippen LogP contribution in [0.1, 0.15) is 0 Å². The van der Waals surface area contributed by atoms with Gasteiger partial charge in [0.2, 0.25) is 5.69 Å². The van der Waals surface area contributed by atoms with Crippen LogP contribution in [-0.4, -0.2) is 14.9 Å². The fourth-order valence-electron chi connectivity index (χ4n) is 1.90. The van der Waals surface area contributed by atoms with Gasteiger partial charge in [-0.1, -0.05) is 48.5 Å². The van der Waals surface area contributed by atoms with Gasteiger partial charge in [0.05, 0.1) is 0 Å². The van der Waals surface area contributed by atoms with E-state index in [-0.39, 0.29) is 0 Å². The zero-order chi connectivity index (χ0) is 16.0. The Balaban J connectivity index is 0.000000309. The van der Waals surface area contributed by atoms with Crippen molar-refractivity contribution in [3.05, 3.63) is 66.7 Å². The Morgan fingerprint density at radius 1 is 0.909 bits per heavy atom. The Morgan fingerprint density at radius 2 is 1.36 bits per heavy atom. The maximum Gasteiger partial charge on any atom is 0.262 e. The van der Waals surface area contributed by atoms with Crippen molar-refractivity contribution in [1.29, 1.82) is 0 Å². The third-order valence-electron chi connectivity index (χ3n) is 2.79. The van der Waals surface area contributed by atoms with Gasteiger partial charge in [-0.25, -0.2) is 0 Å². The molecule has 1 heterocycles. The molecule has 0 aliphatic heterocycles. The highest BCUT2D eigenvalue weighted by Crippen LogP contribution is 2.21. The standard InChI is InChI=1S/C15H12N2.H3O4P/c1-3-7-12(8-4-1)14-11-15(17-16-14)13-9-5-2-6-10-13;1-5(2,3)4/h1-11H,(H,16,17);(H3,1,2,3,4). The van der Waals surface area contributed by atoms with Crippen LogP contribution in [0.3, 0.4) is 0 Å². The number of hydrogen-bond donors (Lipinski definition) is 3. The second kappa shape index (κ2) is 7.15. The van der Waals surface area contributed by atoms with Crippen LogP contribution in [0.2, 0.25) is 0 Å². The van der Waals surface area contributed by atoms with Gasteiger partial charge in [0.15, 0.2) is 0 Å². The summed E-state index contributed by atoms with van der Waals surface area (Å²) in [4.78, 5) is 22.9. The highest BCUT2D eigenvalue weighted by molar-refractivity contribution is 7.43. The monoisotopic (exact) mass is 318 g/mol. The van der Waals surface area contributed by atoms with Crippen LogP contribution in [0.4, 0.5) is 0 Å². The molecule has 0 spiro atoms. The molecule has 0 saturated heterocycles. The van der Waals surface area contributed by atoms with Gasteiger partial charge in [0.25, 0.3) is 7.82 Å². The normalized spacial score (nSPS) is 10.7. The number of rotatable bonds is 2. The molecule has 0 atom stereocenters. The maximum absolute atomic E-state index is 8.77. The van der Waals surface area contributed by atoms with E-state index in [2.05, 4.69) is 40.5 Å². The Morgan fingerprint density at radius 3 is 1.86 bits per heavy atom. The quantitative estimate of drug-likeness (QED) is 0.623. The minimum atomic E-state index is -4.89. The predicted molar refractivity (Wildman–Crippen MR) is 80.3 cm³/mol. The molecule has 0 unspecified atom stereocenters. The summed E-state index contributed by atoms with van der Waals surface area (Å²) in [6, 6.07) is 22.7. The number of H-pyrrole nitrogens is 2. The molecule has 0 bridgehead atoms. The van der Waals surface area contributed by atoms with Crippen molar-refractivity contribution in [2.24, 2.45) is 0 Å². The van der Waals surface area contributed by atoms with E-state index in [0.717, 1.165) is 11.4 Å². The molecule has 22 heavy (non-hydrogen) atoms. The molecular weight excluding hydrogens is 303 g/mol. The van der Waals surface area contributed by atoms with Crippen molar-refractivity contribution in [2.45, 2.75) is 0 Å². The molecule has 0 fully saturated rings. The van der Waals surface area contributed by atoms with Gasteiger partial charge in [-0.3, -0.25) is 4.57 Å². The zero-order valence-corrected chi connectivity index (χ0v) is 12.4. The SMILES string of the molecule is O=P([O-])(O)O.c1ccc(-c2cc(-c3ccccc3)[nH+][nH]2)cc1. The van der Waals surface area contributed by atoms with Crippen LogP contribution in [0.25, 0.3) is 22.5 Å². The van der Waals surface area contributed by atoms with Crippen LogP contribution in [-0.2, 0) is 4.57 Å². The fourth-order valence-corrected chi connectivity index (χ4v) is 1.90. The number of phosphoric acid groups is 1. The Labute approximate surface area is 127 Å². The molecule has 0 saturated carbocycles. The average Bonchev–Trinajstić information content (AvgIpc) is 2.97. The average molecular weight is 318 g/mol. The van der Waals surface area contributed by atoms with Crippen molar-refractivity contribution >= 4 is 7.82 Å². The number of nitrogens with one attached hydrogen (secondary N) is 2. The van der Waals surface area contributed by atoms with E-state index in [4.69, 9.17) is 19.2 Å². The predicted octanol–water partition coefficient (Wildman–Crippen LogP) is 1.60. The molecule has 0 amide bonds. The molecule has 0 aliphatic rings. The Bertz CT molecular complexity index is 691. The van der Waals surface area contributed by atoms with Crippen molar-refractivity contribution < 1.29 is 24.3 Å². The summed E-state index contributed by atoms with van der Waals surface area (Å²) in [6.07, 6.45) is 0. The third-order valence-corrected chi connectivity index (χ3v) is 2.79. The Hall–Kier alpha value is -2.24. The van der Waals surface area contributed by atoms with Gasteiger partial charge < -0.3 is 14.7 Å². The number of hydrogen-bond acceptors (Lipinski definition) is 2. The molecule has 7 heteroatoms. The Kier molecular flexibility index (Phi) is 5.25. The lowest BCUT2D eigenvalue weighted by molar-refractivity contribution is -0.436. The van der Waals surface area contributed by atoms with E-state index in [9.17, 15) is 0 Å². The summed E-state index contributed by atoms with van der Waals surface area (Å²) >= 11 is 0. The minimum Gasteiger partial charge on any atom is -0.756 e. The molecule has 3 rings (SSSR count). The molecule has 0 aliphatic carbocycles. The molecular formula is C15H15N2O4P. The summed E-state index contributed by atoms with van der Waals surface area (Å²) in [5.41, 5.74) is 4.57. The van der Waals surface area contributed by atoms with Gasteiger partial charge in [-0.2, -0.15) is 5.10 Å². The third kappa shape index (κ3) is 5.27. The molecule has 3 aromatic rings. The summed E-state index contributed by atoms with van der Waals surface area (Å²) in [6.45, 7) is 0. The van der Waals surface area contributed by atoms with E-state index in [0.29, 0.717) is 0 Å². The lowest BCUT2D eigenvalue weighted by Crippen LogP contribution is -2.04. The lowest BCUT2D eigenvalue weighted by atomic mass is 10.1. The lowest BCUT2D eigenvalue weighted by Gasteiger charge is -2.01. The van der Waals surface area contributed by atoms with Crippen molar-refractivity contribution in [3.8, 4) is 22.5 Å². The first-order valence-electron chi connectivity index (χ1n) is 6.41. The van der Waals surface area contributed by atoms with Crippen LogP contribution >= 0.6 is 7.82 Å². The van der Waals surface area contributed by atoms with Gasteiger partial charge >= 0.3 is 0 Å². The van der Waals surface area contributed by atoms with E-state index in [1.54, 1.807) is 0 Å². The molecule has 114 valence electrons. The molecule has 6 nitrogen and oxygen atoms in total. The van der Waals surface area contributed by atoms with Crippen LogP contribution in [0.15, 0.2) is 66.7 Å². The number of benzene rings is 2. The molecule has 0 radical (unpaired) electrons. The summed E-state index contributed by atoms with van der Waals surface area (Å²) < 4.78 is 8.77. The van der Waals surface area contributed by atoms with Crippen molar-refractivity contribution in [3.63, 3.8) is 0 Å². The highest BCUT2D eigenvalue weighted by Gasteiger charge is 2.10. The maximum atomic E-state index is 8.77. The number of aromatic amines is 2. The molecule has 4 N–H and O–H groups in total. The van der Waals surface area contributed by atoms with Crippen LogP contribution in [0.5, 0.6) is 0 Å². The van der Waals surface area contributed by atoms with Crippen molar-refractivity contribution in [1.82, 2.24) is 5.10 Å². The smallest absolute Gasteiger partial charge is 0.262 e. The first-order valence-corrected chi connectivity index (χ1v) is 7.94. The first-order chi connectivity index (χ1) is 10.4. The minimum absolute atomic E-state index is 1.10. The van der Waals surface area contributed by atoms with Crippen LogP contribution in [0, 0.1) is 0 Å². The fraction of sp³-hybridized carbons (Fsp3) is 0. The summed E-state index contributed by atoms with van der Waals surface area (Å²) in [5.74, 6) is 0. The molecule has 2 aromatic carbocycles. The topological polar surface area (TPSA) is 111 Å². The van der Waals surface area contributed by atoms with Gasteiger partial charge in [-0.05, 0) is 12.1 Å². The highest BCUT2D eigenvalue weighted by atomic mass is 31.2. The second-order valence-electron chi connectivity index (χ2n) is 4.44. The van der Waals surface area contributed by atoms with Crippen molar-refractivity contribution in [2.75, 3.05) is 0 Å².